The number of nitrogens with zero attached hydrogens (tertiary/aromatic N) is 2. The number of halogens is 2. The molecule has 0 radical (unpaired) electrons. The molecule has 0 saturated carbocycles. The lowest BCUT2D eigenvalue weighted by Crippen LogP contribution is -1.87. The molecule has 3 aromatic rings. The van der Waals surface area contributed by atoms with Crippen LogP contribution in [-0.2, 0) is 0 Å². The molecule has 0 spiro atoms. The Labute approximate surface area is 102 Å². The quantitative estimate of drug-likeness (QED) is 0.443. The van der Waals surface area contributed by atoms with Crippen LogP contribution < -0.4 is 0 Å². The summed E-state index contributed by atoms with van der Waals surface area (Å²) in [5.74, 6) is 0. The van der Waals surface area contributed by atoms with Crippen molar-refractivity contribution < 1.29 is 0 Å². The molecule has 2 nitrogen and oxygen atoms in total. The normalized spacial score (nSPS) is 11.1. The third-order valence-corrected chi connectivity index (χ3v) is 2.96. The predicted molar refractivity (Wildman–Crippen MR) is 67.1 cm³/mol. The molecule has 2 aromatic heterocycles. The first-order valence-corrected chi connectivity index (χ1v) is 5.52. The van der Waals surface area contributed by atoms with Gasteiger partial charge < -0.3 is 0 Å². The largest absolute Gasteiger partial charge is 0.235 e. The average molecular weight is 249 g/mol. The number of fused-ring (bicyclic) bond motifs is 3. The first kappa shape index (κ1) is 9.82. The summed E-state index contributed by atoms with van der Waals surface area (Å²) in [4.78, 5) is 8.62. The van der Waals surface area contributed by atoms with Gasteiger partial charge >= 0.3 is 0 Å². The van der Waals surface area contributed by atoms with Crippen molar-refractivity contribution in [3.8, 4) is 0 Å². The van der Waals surface area contributed by atoms with Crippen LogP contribution in [0.5, 0.6) is 0 Å². The van der Waals surface area contributed by atoms with Gasteiger partial charge in [0.05, 0.1) is 11.0 Å². The minimum Gasteiger partial charge on any atom is -0.235 e. The van der Waals surface area contributed by atoms with E-state index >= 15 is 0 Å². The fourth-order valence-corrected chi connectivity index (χ4v) is 2.14. The van der Waals surface area contributed by atoms with Crippen LogP contribution >= 0.6 is 23.2 Å². The van der Waals surface area contributed by atoms with Gasteiger partial charge in [-0.05, 0) is 18.2 Å². The third kappa shape index (κ3) is 1.42. The van der Waals surface area contributed by atoms with Crippen molar-refractivity contribution in [3.05, 3.63) is 46.7 Å². The molecule has 0 aliphatic heterocycles. The Morgan fingerprint density at radius 1 is 0.812 bits per heavy atom. The fraction of sp³-hybridized carbons (Fsp3) is 0. The van der Waals surface area contributed by atoms with Gasteiger partial charge in [0, 0.05) is 10.8 Å². The Morgan fingerprint density at radius 2 is 1.62 bits per heavy atom. The van der Waals surface area contributed by atoms with Crippen molar-refractivity contribution >= 4 is 45.0 Å². The van der Waals surface area contributed by atoms with E-state index in [0.717, 1.165) is 21.8 Å². The molecule has 0 amide bonds. The monoisotopic (exact) mass is 248 g/mol. The standard InChI is InChI=1S/C12H6Cl2N2/c13-10-6-5-8-11(16-10)7-3-1-2-4-9(7)15-12(8)14/h1-6H. The van der Waals surface area contributed by atoms with Crippen LogP contribution in [0.3, 0.4) is 0 Å². The second-order valence-electron chi connectivity index (χ2n) is 3.45. The maximum atomic E-state index is 6.09. The third-order valence-electron chi connectivity index (χ3n) is 2.46. The summed E-state index contributed by atoms with van der Waals surface area (Å²) < 4.78 is 0. The van der Waals surface area contributed by atoms with Gasteiger partial charge in [0.2, 0.25) is 0 Å². The van der Waals surface area contributed by atoms with E-state index in [2.05, 4.69) is 9.97 Å². The van der Waals surface area contributed by atoms with Crippen LogP contribution in [0.25, 0.3) is 21.8 Å². The van der Waals surface area contributed by atoms with Crippen LogP contribution in [0.1, 0.15) is 0 Å². The van der Waals surface area contributed by atoms with E-state index in [4.69, 9.17) is 23.2 Å². The second kappa shape index (κ2) is 3.58. The summed E-state index contributed by atoms with van der Waals surface area (Å²) in [6, 6.07) is 11.3. The number of benzene rings is 1. The molecule has 0 unspecified atom stereocenters. The molecule has 0 saturated heterocycles. The zero-order valence-electron chi connectivity index (χ0n) is 8.11. The topological polar surface area (TPSA) is 25.8 Å². The highest BCUT2D eigenvalue weighted by Crippen LogP contribution is 2.28. The molecule has 0 bridgehead atoms. The highest BCUT2D eigenvalue weighted by atomic mass is 35.5. The number of hydrogen-bond acceptors (Lipinski definition) is 2. The lowest BCUT2D eigenvalue weighted by Gasteiger charge is -2.04. The van der Waals surface area contributed by atoms with Gasteiger partial charge in [-0.2, -0.15) is 0 Å². The zero-order valence-corrected chi connectivity index (χ0v) is 9.63. The molecular formula is C12H6Cl2N2. The summed E-state index contributed by atoms with van der Waals surface area (Å²) in [7, 11) is 0. The van der Waals surface area contributed by atoms with Crippen LogP contribution in [-0.4, -0.2) is 9.97 Å². The summed E-state index contributed by atoms with van der Waals surface area (Å²) in [5, 5.41) is 2.70. The number of aromatic nitrogens is 2. The first-order valence-electron chi connectivity index (χ1n) is 4.76. The van der Waals surface area contributed by atoms with Crippen molar-refractivity contribution in [1.82, 2.24) is 9.97 Å². The molecule has 0 fully saturated rings. The molecule has 4 heteroatoms. The molecule has 16 heavy (non-hydrogen) atoms. The van der Waals surface area contributed by atoms with Crippen LogP contribution in [0.15, 0.2) is 36.4 Å². The Balaban J connectivity index is 2.61. The highest BCUT2D eigenvalue weighted by Gasteiger charge is 2.07. The van der Waals surface area contributed by atoms with Gasteiger partial charge in [0.15, 0.2) is 0 Å². The van der Waals surface area contributed by atoms with Gasteiger partial charge in [-0.25, -0.2) is 9.97 Å². The van der Waals surface area contributed by atoms with Crippen molar-refractivity contribution in [2.45, 2.75) is 0 Å². The molecule has 0 aliphatic carbocycles. The van der Waals surface area contributed by atoms with E-state index in [1.54, 1.807) is 6.07 Å². The zero-order chi connectivity index (χ0) is 11.1. The van der Waals surface area contributed by atoms with Gasteiger partial charge in [-0.3, -0.25) is 0 Å². The molecular weight excluding hydrogens is 243 g/mol. The molecule has 1 aromatic carbocycles. The summed E-state index contributed by atoms with van der Waals surface area (Å²) in [6.07, 6.45) is 0. The van der Waals surface area contributed by atoms with Gasteiger partial charge in [-0.1, -0.05) is 41.4 Å². The Morgan fingerprint density at radius 3 is 2.50 bits per heavy atom. The smallest absolute Gasteiger partial charge is 0.139 e. The van der Waals surface area contributed by atoms with Gasteiger partial charge in [-0.15, -0.1) is 0 Å². The average Bonchev–Trinajstić information content (AvgIpc) is 2.29. The molecule has 2 heterocycles. The SMILES string of the molecule is Clc1ccc2c(Cl)nc3ccccc3c2n1. The second-order valence-corrected chi connectivity index (χ2v) is 4.20. The number of para-hydroxylation sites is 1. The fourth-order valence-electron chi connectivity index (χ4n) is 1.74. The van der Waals surface area contributed by atoms with Crippen LogP contribution in [0, 0.1) is 0 Å². The Hall–Kier alpha value is -1.38. The maximum Gasteiger partial charge on any atom is 0.139 e. The Bertz CT molecular complexity index is 695. The molecule has 0 aliphatic rings. The Kier molecular flexibility index (Phi) is 2.20. The van der Waals surface area contributed by atoms with Crippen molar-refractivity contribution in [3.63, 3.8) is 0 Å². The summed E-state index contributed by atoms with van der Waals surface area (Å²) in [5.41, 5.74) is 1.62. The summed E-state index contributed by atoms with van der Waals surface area (Å²) >= 11 is 12.0. The highest BCUT2D eigenvalue weighted by molar-refractivity contribution is 6.36. The molecule has 0 N–H and O–H groups in total. The number of hydrogen-bond donors (Lipinski definition) is 0. The first-order chi connectivity index (χ1) is 7.75. The van der Waals surface area contributed by atoms with Gasteiger partial charge in [0.25, 0.3) is 0 Å². The van der Waals surface area contributed by atoms with E-state index < -0.39 is 0 Å². The van der Waals surface area contributed by atoms with Crippen LogP contribution in [0.4, 0.5) is 0 Å². The van der Waals surface area contributed by atoms with Crippen molar-refractivity contribution in [2.75, 3.05) is 0 Å². The van der Waals surface area contributed by atoms with E-state index in [9.17, 15) is 0 Å². The van der Waals surface area contributed by atoms with E-state index in [-0.39, 0.29) is 0 Å². The minimum absolute atomic E-state index is 0.456. The number of pyridine rings is 2. The van der Waals surface area contributed by atoms with E-state index in [1.807, 2.05) is 30.3 Å². The van der Waals surface area contributed by atoms with Crippen molar-refractivity contribution in [2.24, 2.45) is 0 Å². The van der Waals surface area contributed by atoms with Crippen molar-refractivity contribution in [1.29, 1.82) is 0 Å². The van der Waals surface area contributed by atoms with E-state index in [0.29, 0.717) is 10.3 Å². The lowest BCUT2D eigenvalue weighted by molar-refractivity contribution is 1.38. The predicted octanol–water partition coefficient (Wildman–Crippen LogP) is 4.09. The molecule has 78 valence electrons. The van der Waals surface area contributed by atoms with Gasteiger partial charge in [0.1, 0.15) is 10.3 Å². The molecule has 0 atom stereocenters. The lowest BCUT2D eigenvalue weighted by atomic mass is 10.1. The van der Waals surface area contributed by atoms with E-state index in [1.165, 1.54) is 0 Å². The summed E-state index contributed by atoms with van der Waals surface area (Å²) in [6.45, 7) is 0. The number of rotatable bonds is 0. The van der Waals surface area contributed by atoms with Crippen LogP contribution in [0.2, 0.25) is 10.3 Å². The molecule has 3 rings (SSSR count). The minimum atomic E-state index is 0.456. The maximum absolute atomic E-state index is 6.09.